The molecule has 7 heteroatoms. The smallest absolute Gasteiger partial charge is 0.260 e. The molecule has 1 rings (SSSR count). The Hall–Kier alpha value is -1.82. The summed E-state index contributed by atoms with van der Waals surface area (Å²) in [6.07, 6.45) is 0. The summed E-state index contributed by atoms with van der Waals surface area (Å²) in [5.41, 5.74) is 0. The number of nitrogens with zero attached hydrogens (tertiary/aromatic N) is 1. The highest BCUT2D eigenvalue weighted by Crippen LogP contribution is 2.20. The van der Waals surface area contributed by atoms with Crippen LogP contribution in [0.1, 0.15) is 0 Å². The van der Waals surface area contributed by atoms with Gasteiger partial charge in [0, 0.05) is 20.2 Å². The van der Waals surface area contributed by atoms with Gasteiger partial charge >= 0.3 is 0 Å². The van der Waals surface area contributed by atoms with Crippen LogP contribution in [0, 0.1) is 5.82 Å². The summed E-state index contributed by atoms with van der Waals surface area (Å²) in [4.78, 5) is 23.9. The van der Waals surface area contributed by atoms with Crippen molar-refractivity contribution in [2.45, 2.75) is 0 Å². The Morgan fingerprint density at radius 1 is 1.47 bits per heavy atom. The largest absolute Gasteiger partial charge is 0.484 e. The van der Waals surface area contributed by atoms with Crippen LogP contribution in [0.3, 0.4) is 0 Å². The number of hydrogen-bond donors (Lipinski definition) is 1. The number of hydrogen-bond acceptors (Lipinski definition) is 3. The monoisotopic (exact) mass is 288 g/mol. The van der Waals surface area contributed by atoms with E-state index in [1.54, 1.807) is 0 Å². The maximum Gasteiger partial charge on any atom is 0.260 e. The second-order valence-corrected chi connectivity index (χ2v) is 4.19. The van der Waals surface area contributed by atoms with Gasteiger partial charge in [-0.3, -0.25) is 9.59 Å². The van der Waals surface area contributed by atoms with Crippen LogP contribution in [0.5, 0.6) is 5.75 Å². The normalized spacial score (nSPS) is 9.89. The molecule has 0 aromatic heterocycles. The summed E-state index contributed by atoms with van der Waals surface area (Å²) in [5.74, 6) is -0.921. The Morgan fingerprint density at radius 3 is 2.74 bits per heavy atom. The average Bonchev–Trinajstić information content (AvgIpc) is 2.39. The molecule has 0 saturated heterocycles. The minimum absolute atomic E-state index is 0.0527. The molecule has 1 aromatic carbocycles. The third-order valence-electron chi connectivity index (χ3n) is 2.34. The van der Waals surface area contributed by atoms with Gasteiger partial charge in [0.1, 0.15) is 11.6 Å². The molecule has 0 heterocycles. The molecule has 1 N–H and O–H groups in total. The Kier molecular flexibility index (Phi) is 5.57. The highest BCUT2D eigenvalue weighted by molar-refractivity contribution is 6.30. The van der Waals surface area contributed by atoms with Crippen LogP contribution in [0.2, 0.25) is 5.02 Å². The van der Waals surface area contributed by atoms with E-state index in [1.165, 1.54) is 31.1 Å². The molecule has 0 spiro atoms. The van der Waals surface area contributed by atoms with Gasteiger partial charge in [-0.25, -0.2) is 4.39 Å². The number of ether oxygens (including phenoxy) is 1. The zero-order chi connectivity index (χ0) is 14.4. The van der Waals surface area contributed by atoms with E-state index in [0.29, 0.717) is 0 Å². The van der Waals surface area contributed by atoms with Gasteiger partial charge in [0.25, 0.3) is 5.91 Å². The van der Waals surface area contributed by atoms with Crippen LogP contribution in [0.4, 0.5) is 4.39 Å². The van der Waals surface area contributed by atoms with Crippen molar-refractivity contribution in [2.24, 2.45) is 0 Å². The second-order valence-electron chi connectivity index (χ2n) is 3.79. The van der Waals surface area contributed by atoms with Gasteiger partial charge in [-0.1, -0.05) is 11.6 Å². The SMILES string of the molecule is CNC(=O)CN(C)C(=O)COc1ccc(F)c(Cl)c1. The molecule has 5 nitrogen and oxygen atoms in total. The maximum atomic E-state index is 12.9. The molecule has 0 fully saturated rings. The van der Waals surface area contributed by atoms with Crippen LogP contribution >= 0.6 is 11.6 Å². The van der Waals surface area contributed by atoms with E-state index in [1.807, 2.05) is 0 Å². The molecular formula is C12H14ClFN2O3. The fourth-order valence-electron chi connectivity index (χ4n) is 1.20. The van der Waals surface area contributed by atoms with E-state index in [0.717, 1.165) is 6.07 Å². The van der Waals surface area contributed by atoms with Gasteiger partial charge in [0.05, 0.1) is 11.6 Å². The number of carbonyl (C=O) groups excluding carboxylic acids is 2. The van der Waals surface area contributed by atoms with E-state index < -0.39 is 5.82 Å². The van der Waals surface area contributed by atoms with E-state index in [2.05, 4.69) is 5.32 Å². The first kappa shape index (κ1) is 15.2. The lowest BCUT2D eigenvalue weighted by molar-refractivity contribution is -0.136. The molecule has 0 aliphatic heterocycles. The molecule has 0 bridgehead atoms. The zero-order valence-electron chi connectivity index (χ0n) is 10.6. The molecule has 0 saturated carbocycles. The summed E-state index contributed by atoms with van der Waals surface area (Å²) >= 11 is 5.58. The first-order valence-corrected chi connectivity index (χ1v) is 5.84. The lowest BCUT2D eigenvalue weighted by Gasteiger charge is -2.16. The molecule has 19 heavy (non-hydrogen) atoms. The summed E-state index contributed by atoms with van der Waals surface area (Å²) in [7, 11) is 2.97. The number of carbonyl (C=O) groups is 2. The number of halogens is 2. The molecule has 0 atom stereocenters. The van der Waals surface area contributed by atoms with Crippen molar-refractivity contribution in [3.63, 3.8) is 0 Å². The standard InChI is InChI=1S/C12H14ClFN2O3/c1-15-11(17)6-16(2)12(18)7-19-8-3-4-10(14)9(13)5-8/h3-5H,6-7H2,1-2H3,(H,15,17). The van der Waals surface area contributed by atoms with Gasteiger partial charge in [0.2, 0.25) is 5.91 Å². The lowest BCUT2D eigenvalue weighted by atomic mass is 10.3. The fourth-order valence-corrected chi connectivity index (χ4v) is 1.38. The summed E-state index contributed by atoms with van der Waals surface area (Å²) in [6.45, 7) is -0.307. The topological polar surface area (TPSA) is 58.6 Å². The number of rotatable bonds is 5. The van der Waals surface area contributed by atoms with Crippen molar-refractivity contribution in [1.82, 2.24) is 10.2 Å². The van der Waals surface area contributed by atoms with Crippen molar-refractivity contribution in [1.29, 1.82) is 0 Å². The van der Waals surface area contributed by atoms with Crippen LogP contribution in [0.25, 0.3) is 0 Å². The fraction of sp³-hybridized carbons (Fsp3) is 0.333. The summed E-state index contributed by atoms with van der Waals surface area (Å²) in [5, 5.41) is 2.33. The summed E-state index contributed by atoms with van der Waals surface area (Å²) in [6, 6.07) is 3.80. The van der Waals surface area contributed by atoms with Crippen LogP contribution in [-0.2, 0) is 9.59 Å². The van der Waals surface area contributed by atoms with Gasteiger partial charge in [-0.15, -0.1) is 0 Å². The average molecular weight is 289 g/mol. The highest BCUT2D eigenvalue weighted by Gasteiger charge is 2.13. The maximum absolute atomic E-state index is 12.9. The predicted molar refractivity (Wildman–Crippen MR) is 68.6 cm³/mol. The molecule has 2 amide bonds. The number of benzene rings is 1. The molecule has 0 unspecified atom stereocenters. The van der Waals surface area contributed by atoms with E-state index >= 15 is 0 Å². The quantitative estimate of drug-likeness (QED) is 0.881. The molecule has 104 valence electrons. The van der Waals surface area contributed by atoms with Crippen molar-refractivity contribution < 1.29 is 18.7 Å². The Morgan fingerprint density at radius 2 is 2.16 bits per heavy atom. The molecule has 0 aliphatic carbocycles. The van der Waals surface area contributed by atoms with Crippen molar-refractivity contribution in [2.75, 3.05) is 27.2 Å². The molecule has 0 radical (unpaired) electrons. The van der Waals surface area contributed by atoms with E-state index in [9.17, 15) is 14.0 Å². The van der Waals surface area contributed by atoms with Crippen molar-refractivity contribution in [3.05, 3.63) is 29.0 Å². The highest BCUT2D eigenvalue weighted by atomic mass is 35.5. The van der Waals surface area contributed by atoms with Gasteiger partial charge < -0.3 is 15.0 Å². The molecular weight excluding hydrogens is 275 g/mol. The van der Waals surface area contributed by atoms with Gasteiger partial charge in [-0.2, -0.15) is 0 Å². The first-order valence-electron chi connectivity index (χ1n) is 5.46. The third kappa shape index (κ3) is 4.75. The zero-order valence-corrected chi connectivity index (χ0v) is 11.3. The van der Waals surface area contributed by atoms with Crippen LogP contribution in [-0.4, -0.2) is 44.0 Å². The van der Waals surface area contributed by atoms with Crippen molar-refractivity contribution in [3.8, 4) is 5.75 Å². The molecule has 0 aliphatic rings. The van der Waals surface area contributed by atoms with E-state index in [4.69, 9.17) is 16.3 Å². The van der Waals surface area contributed by atoms with Gasteiger partial charge in [0.15, 0.2) is 6.61 Å². The first-order chi connectivity index (χ1) is 8.93. The number of nitrogens with one attached hydrogen (secondary N) is 1. The third-order valence-corrected chi connectivity index (χ3v) is 2.63. The molecule has 1 aromatic rings. The second kappa shape index (κ2) is 6.94. The summed E-state index contributed by atoms with van der Waals surface area (Å²) < 4.78 is 18.1. The Bertz CT molecular complexity index is 482. The van der Waals surface area contributed by atoms with Crippen LogP contribution < -0.4 is 10.1 Å². The van der Waals surface area contributed by atoms with Crippen molar-refractivity contribution >= 4 is 23.4 Å². The number of amides is 2. The lowest BCUT2D eigenvalue weighted by Crippen LogP contribution is -2.39. The Labute approximate surface area is 115 Å². The van der Waals surface area contributed by atoms with Crippen LogP contribution in [0.15, 0.2) is 18.2 Å². The minimum atomic E-state index is -0.558. The minimum Gasteiger partial charge on any atom is -0.484 e. The predicted octanol–water partition coefficient (Wildman–Crippen LogP) is 1.06. The van der Waals surface area contributed by atoms with E-state index in [-0.39, 0.29) is 35.7 Å². The van der Waals surface area contributed by atoms with Gasteiger partial charge in [-0.05, 0) is 12.1 Å². The number of likely N-dealkylation sites (N-methyl/N-ethyl adjacent to an activating group) is 2. The Balaban J connectivity index is 2.49.